The molecule has 0 radical (unpaired) electrons. The summed E-state index contributed by atoms with van der Waals surface area (Å²) in [5.41, 5.74) is 8.21. The maximum Gasteiger partial charge on any atom is 0.410 e. The number of aliphatic hydroxyl groups is 1. The fraction of sp³-hybridized carbons (Fsp3) is 0.652. The van der Waals surface area contributed by atoms with Crippen LogP contribution in [-0.4, -0.2) is 82.8 Å². The molecule has 2 aliphatic rings. The van der Waals surface area contributed by atoms with Gasteiger partial charge in [0, 0.05) is 45.8 Å². The number of aliphatic imine (C=N–C) groups is 1. The number of piperazine rings is 1. The van der Waals surface area contributed by atoms with E-state index in [1.54, 1.807) is 4.90 Å². The van der Waals surface area contributed by atoms with Gasteiger partial charge in [-0.05, 0) is 44.7 Å². The van der Waals surface area contributed by atoms with Gasteiger partial charge in [-0.2, -0.15) is 0 Å². The highest BCUT2D eigenvalue weighted by Gasteiger charge is 2.26. The standard InChI is InChI=1S/C23H37N5O3/c1-23(2,3)31-22(30)28-14-12-27(13-15-28)21(24)25-16-18-6-4-5-7-19(18)17-26-10-8-20(29)9-11-26/h4-7,20,29H,8-17H2,1-3H3,(H2,24,25). The molecule has 2 aliphatic heterocycles. The molecule has 31 heavy (non-hydrogen) atoms. The molecule has 0 aliphatic carbocycles. The van der Waals surface area contributed by atoms with Gasteiger partial charge in [0.1, 0.15) is 5.60 Å². The lowest BCUT2D eigenvalue weighted by atomic mass is 10.0. The van der Waals surface area contributed by atoms with Gasteiger partial charge >= 0.3 is 6.09 Å². The van der Waals surface area contributed by atoms with Crippen molar-refractivity contribution in [1.82, 2.24) is 14.7 Å². The number of hydrogen-bond donors (Lipinski definition) is 2. The average molecular weight is 432 g/mol. The monoisotopic (exact) mass is 431 g/mol. The van der Waals surface area contributed by atoms with E-state index in [-0.39, 0.29) is 12.2 Å². The molecule has 0 spiro atoms. The molecule has 3 rings (SSSR count). The third kappa shape index (κ3) is 7.11. The Kier molecular flexibility index (Phi) is 7.78. The van der Waals surface area contributed by atoms with Crippen LogP contribution < -0.4 is 5.73 Å². The fourth-order valence-corrected chi connectivity index (χ4v) is 3.90. The highest BCUT2D eigenvalue weighted by atomic mass is 16.6. The Hall–Kier alpha value is -2.32. The van der Waals surface area contributed by atoms with Crippen molar-refractivity contribution in [2.45, 2.75) is 58.4 Å². The summed E-state index contributed by atoms with van der Waals surface area (Å²) in [7, 11) is 0. The summed E-state index contributed by atoms with van der Waals surface area (Å²) in [5, 5.41) is 9.72. The molecule has 0 atom stereocenters. The van der Waals surface area contributed by atoms with Crippen molar-refractivity contribution in [2.24, 2.45) is 10.7 Å². The Bertz CT molecular complexity index is 761. The molecule has 0 unspecified atom stereocenters. The molecule has 8 heteroatoms. The minimum absolute atomic E-state index is 0.160. The van der Waals surface area contributed by atoms with Crippen molar-refractivity contribution < 1.29 is 14.6 Å². The predicted octanol–water partition coefficient (Wildman–Crippen LogP) is 2.01. The van der Waals surface area contributed by atoms with Crippen LogP contribution in [0.1, 0.15) is 44.7 Å². The van der Waals surface area contributed by atoms with Crippen molar-refractivity contribution in [3.05, 3.63) is 35.4 Å². The zero-order chi connectivity index (χ0) is 22.4. The number of amides is 1. The molecular weight excluding hydrogens is 394 g/mol. The number of aliphatic hydroxyl groups excluding tert-OH is 1. The molecule has 2 saturated heterocycles. The van der Waals surface area contributed by atoms with Gasteiger partial charge in [0.15, 0.2) is 5.96 Å². The highest BCUT2D eigenvalue weighted by molar-refractivity contribution is 5.78. The van der Waals surface area contributed by atoms with Crippen LogP contribution in [0, 0.1) is 0 Å². The number of nitrogens with two attached hydrogens (primary N) is 1. The van der Waals surface area contributed by atoms with E-state index in [4.69, 9.17) is 10.5 Å². The second kappa shape index (κ2) is 10.3. The van der Waals surface area contributed by atoms with E-state index in [2.05, 4.69) is 28.1 Å². The fourth-order valence-electron chi connectivity index (χ4n) is 3.90. The number of nitrogens with zero attached hydrogens (tertiary/aromatic N) is 4. The summed E-state index contributed by atoms with van der Waals surface area (Å²) < 4.78 is 5.45. The Morgan fingerprint density at radius 2 is 1.65 bits per heavy atom. The second-order valence-electron chi connectivity index (χ2n) is 9.40. The van der Waals surface area contributed by atoms with Crippen molar-refractivity contribution in [1.29, 1.82) is 0 Å². The molecule has 0 aromatic heterocycles. The molecule has 3 N–H and O–H groups in total. The van der Waals surface area contributed by atoms with E-state index in [9.17, 15) is 9.90 Å². The maximum atomic E-state index is 12.2. The Morgan fingerprint density at radius 3 is 2.26 bits per heavy atom. The molecule has 1 aromatic rings. The van der Waals surface area contributed by atoms with Gasteiger partial charge < -0.3 is 25.4 Å². The first kappa shape index (κ1) is 23.3. The van der Waals surface area contributed by atoms with Crippen LogP contribution in [-0.2, 0) is 17.8 Å². The number of rotatable bonds is 4. The van der Waals surface area contributed by atoms with E-state index in [1.807, 2.05) is 31.7 Å². The molecule has 0 saturated carbocycles. The molecule has 2 fully saturated rings. The quantitative estimate of drug-likeness (QED) is 0.559. The minimum atomic E-state index is -0.490. The third-order valence-electron chi connectivity index (χ3n) is 5.74. The van der Waals surface area contributed by atoms with Gasteiger partial charge in [-0.1, -0.05) is 24.3 Å². The summed E-state index contributed by atoms with van der Waals surface area (Å²) in [5.74, 6) is 0.514. The van der Waals surface area contributed by atoms with Crippen molar-refractivity contribution in [3.63, 3.8) is 0 Å². The van der Waals surface area contributed by atoms with E-state index in [0.29, 0.717) is 38.7 Å². The van der Waals surface area contributed by atoms with Crippen molar-refractivity contribution >= 4 is 12.1 Å². The summed E-state index contributed by atoms with van der Waals surface area (Å²) >= 11 is 0. The third-order valence-corrected chi connectivity index (χ3v) is 5.74. The Labute approximate surface area is 185 Å². The van der Waals surface area contributed by atoms with E-state index in [0.717, 1.165) is 32.5 Å². The molecular formula is C23H37N5O3. The first-order chi connectivity index (χ1) is 14.7. The minimum Gasteiger partial charge on any atom is -0.444 e. The zero-order valence-corrected chi connectivity index (χ0v) is 19.1. The smallest absolute Gasteiger partial charge is 0.410 e. The number of piperidine rings is 1. The predicted molar refractivity (Wildman–Crippen MR) is 122 cm³/mol. The normalized spacial score (nSPS) is 19.5. The largest absolute Gasteiger partial charge is 0.444 e. The Balaban J connectivity index is 1.52. The molecule has 1 aromatic carbocycles. The lowest BCUT2D eigenvalue weighted by Gasteiger charge is -2.36. The lowest BCUT2D eigenvalue weighted by molar-refractivity contribution is 0.0186. The van der Waals surface area contributed by atoms with Crippen LogP contribution in [0.2, 0.25) is 0 Å². The van der Waals surface area contributed by atoms with Gasteiger partial charge in [0.2, 0.25) is 0 Å². The molecule has 2 heterocycles. The first-order valence-corrected chi connectivity index (χ1v) is 11.2. The Morgan fingerprint density at radius 1 is 1.06 bits per heavy atom. The van der Waals surface area contributed by atoms with Crippen LogP contribution in [0.4, 0.5) is 4.79 Å². The summed E-state index contributed by atoms with van der Waals surface area (Å²) in [6.45, 7) is 11.3. The summed E-state index contributed by atoms with van der Waals surface area (Å²) in [6.07, 6.45) is 1.24. The van der Waals surface area contributed by atoms with E-state index in [1.165, 1.54) is 11.1 Å². The number of ether oxygens (including phenoxy) is 1. The highest BCUT2D eigenvalue weighted by Crippen LogP contribution is 2.18. The van der Waals surface area contributed by atoms with Crippen LogP contribution in [0.5, 0.6) is 0 Å². The van der Waals surface area contributed by atoms with Crippen LogP contribution in [0.3, 0.4) is 0 Å². The van der Waals surface area contributed by atoms with Crippen molar-refractivity contribution in [3.8, 4) is 0 Å². The topological polar surface area (TPSA) is 94.6 Å². The molecule has 8 nitrogen and oxygen atoms in total. The van der Waals surface area contributed by atoms with E-state index >= 15 is 0 Å². The maximum absolute atomic E-state index is 12.2. The SMILES string of the molecule is CC(C)(C)OC(=O)N1CCN(C(N)=NCc2ccccc2CN2CCC(O)CC2)CC1. The number of carbonyl (C=O) groups is 1. The second-order valence-corrected chi connectivity index (χ2v) is 9.40. The molecule has 172 valence electrons. The van der Waals surface area contributed by atoms with Crippen LogP contribution in [0.15, 0.2) is 29.3 Å². The van der Waals surface area contributed by atoms with Crippen LogP contribution in [0.25, 0.3) is 0 Å². The van der Waals surface area contributed by atoms with Gasteiger partial charge in [-0.3, -0.25) is 4.90 Å². The molecule has 1 amide bonds. The average Bonchev–Trinajstić information content (AvgIpc) is 2.73. The summed E-state index contributed by atoms with van der Waals surface area (Å²) in [4.78, 5) is 23.0. The first-order valence-electron chi connectivity index (χ1n) is 11.2. The van der Waals surface area contributed by atoms with Gasteiger partial charge in [0.05, 0.1) is 12.6 Å². The summed E-state index contributed by atoms with van der Waals surface area (Å²) in [6, 6.07) is 8.34. The number of carbonyl (C=O) groups excluding carboxylic acids is 1. The molecule has 0 bridgehead atoms. The van der Waals surface area contributed by atoms with E-state index < -0.39 is 5.60 Å². The lowest BCUT2D eigenvalue weighted by Crippen LogP contribution is -2.53. The van der Waals surface area contributed by atoms with Gasteiger partial charge in [0.25, 0.3) is 0 Å². The number of likely N-dealkylation sites (tertiary alicyclic amines) is 1. The number of hydrogen-bond acceptors (Lipinski definition) is 5. The zero-order valence-electron chi connectivity index (χ0n) is 19.1. The van der Waals surface area contributed by atoms with Gasteiger partial charge in [-0.15, -0.1) is 0 Å². The van der Waals surface area contributed by atoms with Crippen LogP contribution >= 0.6 is 0 Å². The van der Waals surface area contributed by atoms with Crippen molar-refractivity contribution in [2.75, 3.05) is 39.3 Å². The number of guanidine groups is 1. The number of benzene rings is 1. The van der Waals surface area contributed by atoms with Gasteiger partial charge in [-0.25, -0.2) is 9.79 Å².